The minimum absolute atomic E-state index is 0.0773. The van der Waals surface area contributed by atoms with Crippen LogP contribution in [-0.2, 0) is 16.0 Å². The third kappa shape index (κ3) is 5.63. The van der Waals surface area contributed by atoms with Gasteiger partial charge in [0.2, 0.25) is 0 Å². The van der Waals surface area contributed by atoms with E-state index in [4.69, 9.17) is 4.74 Å². The number of rotatable bonds is 7. The summed E-state index contributed by atoms with van der Waals surface area (Å²) in [5.41, 5.74) is 1.70. The van der Waals surface area contributed by atoms with Gasteiger partial charge in [0.25, 0.3) is 0 Å². The molecule has 2 heterocycles. The molecular formula is C21H21F2N3O2S. The number of benzene rings is 1. The van der Waals surface area contributed by atoms with Crippen LogP contribution in [0, 0.1) is 11.6 Å². The van der Waals surface area contributed by atoms with E-state index < -0.39 is 23.7 Å². The molecule has 29 heavy (non-hydrogen) atoms. The van der Waals surface area contributed by atoms with Gasteiger partial charge in [-0.15, -0.1) is 0 Å². The molecule has 0 bridgehead atoms. The highest BCUT2D eigenvalue weighted by atomic mass is 32.2. The van der Waals surface area contributed by atoms with Gasteiger partial charge in [-0.2, -0.15) is 0 Å². The summed E-state index contributed by atoms with van der Waals surface area (Å²) < 4.78 is 32.6. The molecule has 0 fully saturated rings. The summed E-state index contributed by atoms with van der Waals surface area (Å²) >= 11 is 1.16. The number of H-pyrrole nitrogens is 1. The first kappa shape index (κ1) is 21.0. The average Bonchev–Trinajstić information content (AvgIpc) is 3.05. The molecule has 0 amide bonds. The Kier molecular flexibility index (Phi) is 6.64. The Labute approximate surface area is 171 Å². The summed E-state index contributed by atoms with van der Waals surface area (Å²) in [5, 5.41) is 0.586. The minimum Gasteiger partial charge on any atom is -0.454 e. The Morgan fingerprint density at radius 3 is 2.55 bits per heavy atom. The highest BCUT2D eigenvalue weighted by Crippen LogP contribution is 2.35. The second kappa shape index (κ2) is 9.17. The second-order valence-electron chi connectivity index (χ2n) is 6.87. The van der Waals surface area contributed by atoms with Gasteiger partial charge in [-0.3, -0.25) is 9.78 Å². The molecule has 1 aromatic carbocycles. The number of esters is 1. The SMILES string of the molecule is CC(=O)OC(Cc1cccnc1)c1nc(Sc2cc(F)cc(F)c2)c(C(C)C)[nH]1. The van der Waals surface area contributed by atoms with Crippen molar-refractivity contribution in [1.82, 2.24) is 15.0 Å². The lowest BCUT2D eigenvalue weighted by Crippen LogP contribution is -2.13. The van der Waals surface area contributed by atoms with Crippen molar-refractivity contribution < 1.29 is 18.3 Å². The topological polar surface area (TPSA) is 67.9 Å². The molecule has 2 aromatic heterocycles. The van der Waals surface area contributed by atoms with Gasteiger partial charge in [-0.05, 0) is 29.7 Å². The number of hydrogen-bond donors (Lipinski definition) is 1. The van der Waals surface area contributed by atoms with Crippen molar-refractivity contribution >= 4 is 17.7 Å². The van der Waals surface area contributed by atoms with E-state index in [0.29, 0.717) is 22.2 Å². The van der Waals surface area contributed by atoms with E-state index in [2.05, 4.69) is 15.0 Å². The number of hydrogen-bond acceptors (Lipinski definition) is 5. The smallest absolute Gasteiger partial charge is 0.303 e. The Hall–Kier alpha value is -2.74. The third-order valence-corrected chi connectivity index (χ3v) is 5.08. The van der Waals surface area contributed by atoms with Crippen LogP contribution in [0.4, 0.5) is 8.78 Å². The zero-order chi connectivity index (χ0) is 21.0. The Morgan fingerprint density at radius 1 is 1.24 bits per heavy atom. The molecule has 0 spiro atoms. The summed E-state index contributed by atoms with van der Waals surface area (Å²) in [7, 11) is 0. The van der Waals surface area contributed by atoms with E-state index in [1.54, 1.807) is 12.4 Å². The Bertz CT molecular complexity index is 973. The number of aromatic nitrogens is 3. The summed E-state index contributed by atoms with van der Waals surface area (Å²) in [4.78, 5) is 24.0. The quantitative estimate of drug-likeness (QED) is 0.535. The maximum Gasteiger partial charge on any atom is 0.303 e. The van der Waals surface area contributed by atoms with Gasteiger partial charge in [0.15, 0.2) is 6.10 Å². The largest absolute Gasteiger partial charge is 0.454 e. The van der Waals surface area contributed by atoms with Crippen LogP contribution in [0.1, 0.15) is 49.9 Å². The first-order valence-electron chi connectivity index (χ1n) is 9.11. The molecular weight excluding hydrogens is 396 g/mol. The predicted molar refractivity (Wildman–Crippen MR) is 106 cm³/mol. The maximum absolute atomic E-state index is 13.6. The van der Waals surface area contributed by atoms with E-state index in [0.717, 1.165) is 29.1 Å². The molecule has 1 atom stereocenters. The van der Waals surface area contributed by atoms with Crippen LogP contribution in [-0.4, -0.2) is 20.9 Å². The molecule has 1 N–H and O–H groups in total. The number of ether oxygens (including phenoxy) is 1. The van der Waals surface area contributed by atoms with Crippen molar-refractivity contribution in [2.45, 2.75) is 49.1 Å². The van der Waals surface area contributed by atoms with Crippen LogP contribution >= 0.6 is 11.8 Å². The molecule has 0 aliphatic rings. The van der Waals surface area contributed by atoms with Gasteiger partial charge in [0, 0.05) is 36.7 Å². The zero-order valence-corrected chi connectivity index (χ0v) is 17.1. The average molecular weight is 417 g/mol. The normalized spacial score (nSPS) is 12.2. The Morgan fingerprint density at radius 2 is 1.97 bits per heavy atom. The molecule has 0 aliphatic heterocycles. The van der Waals surface area contributed by atoms with E-state index in [1.807, 2.05) is 26.0 Å². The monoisotopic (exact) mass is 417 g/mol. The number of nitrogens with one attached hydrogen (secondary N) is 1. The van der Waals surface area contributed by atoms with Gasteiger partial charge in [-0.25, -0.2) is 13.8 Å². The zero-order valence-electron chi connectivity index (χ0n) is 16.3. The maximum atomic E-state index is 13.6. The molecule has 3 rings (SSSR count). The summed E-state index contributed by atoms with van der Waals surface area (Å²) in [6, 6.07) is 7.04. The lowest BCUT2D eigenvalue weighted by Gasteiger charge is -2.14. The molecule has 5 nitrogen and oxygen atoms in total. The number of halogens is 2. The molecule has 0 saturated heterocycles. The molecule has 8 heteroatoms. The van der Waals surface area contributed by atoms with Crippen LogP contribution in [0.25, 0.3) is 0 Å². The van der Waals surface area contributed by atoms with Crippen LogP contribution in [0.15, 0.2) is 52.6 Å². The van der Waals surface area contributed by atoms with E-state index in [-0.39, 0.29) is 5.92 Å². The van der Waals surface area contributed by atoms with Crippen LogP contribution < -0.4 is 0 Å². The van der Waals surface area contributed by atoms with E-state index in [9.17, 15) is 13.6 Å². The van der Waals surface area contributed by atoms with E-state index in [1.165, 1.54) is 19.1 Å². The highest BCUT2D eigenvalue weighted by Gasteiger charge is 2.23. The van der Waals surface area contributed by atoms with Gasteiger partial charge in [0.05, 0.1) is 5.69 Å². The number of carbonyl (C=O) groups is 1. The van der Waals surface area contributed by atoms with Crippen LogP contribution in [0.5, 0.6) is 0 Å². The summed E-state index contributed by atoms with van der Waals surface area (Å²) in [6.45, 7) is 5.30. The number of nitrogens with zero attached hydrogens (tertiary/aromatic N) is 2. The van der Waals surface area contributed by atoms with Gasteiger partial charge < -0.3 is 9.72 Å². The van der Waals surface area contributed by atoms with Crippen LogP contribution in [0.3, 0.4) is 0 Å². The molecule has 0 radical (unpaired) electrons. The first-order chi connectivity index (χ1) is 13.8. The van der Waals surface area contributed by atoms with Crippen molar-refractivity contribution in [2.75, 3.05) is 0 Å². The molecule has 152 valence electrons. The lowest BCUT2D eigenvalue weighted by atomic mass is 10.1. The number of aromatic amines is 1. The lowest BCUT2D eigenvalue weighted by molar-refractivity contribution is -0.147. The van der Waals surface area contributed by atoms with Gasteiger partial charge in [0.1, 0.15) is 22.5 Å². The third-order valence-electron chi connectivity index (χ3n) is 4.10. The predicted octanol–water partition coefficient (Wildman–Crippen LogP) is 5.20. The number of carbonyl (C=O) groups excluding carboxylic acids is 1. The fraction of sp³-hybridized carbons (Fsp3) is 0.286. The molecule has 3 aromatic rings. The summed E-state index contributed by atoms with van der Waals surface area (Å²) in [6.07, 6.45) is 3.14. The van der Waals surface area contributed by atoms with Crippen molar-refractivity contribution in [3.05, 3.63) is 71.4 Å². The number of imidazole rings is 1. The fourth-order valence-electron chi connectivity index (χ4n) is 2.84. The molecule has 0 saturated carbocycles. The standard InChI is InChI=1S/C21H21F2N3O2S/c1-12(2)19-21(29-17-9-15(22)8-16(23)10-17)26-20(25-19)18(28-13(3)27)7-14-5-4-6-24-11-14/h4-6,8-12,18H,7H2,1-3H3,(H,25,26). The van der Waals surface area contributed by atoms with E-state index >= 15 is 0 Å². The highest BCUT2D eigenvalue weighted by molar-refractivity contribution is 7.99. The van der Waals surface area contributed by atoms with Crippen molar-refractivity contribution in [3.8, 4) is 0 Å². The van der Waals surface area contributed by atoms with Gasteiger partial charge in [-0.1, -0.05) is 31.7 Å². The first-order valence-corrected chi connectivity index (χ1v) is 9.93. The van der Waals surface area contributed by atoms with Crippen molar-refractivity contribution in [1.29, 1.82) is 0 Å². The second-order valence-corrected chi connectivity index (χ2v) is 7.93. The van der Waals surface area contributed by atoms with Crippen LogP contribution in [0.2, 0.25) is 0 Å². The minimum atomic E-state index is -0.649. The summed E-state index contributed by atoms with van der Waals surface area (Å²) in [5.74, 6) is -1.17. The molecule has 1 unspecified atom stereocenters. The fourth-order valence-corrected chi connectivity index (χ4v) is 3.94. The van der Waals surface area contributed by atoms with Crippen molar-refractivity contribution in [3.63, 3.8) is 0 Å². The van der Waals surface area contributed by atoms with Crippen molar-refractivity contribution in [2.24, 2.45) is 0 Å². The molecule has 0 aliphatic carbocycles. The Balaban J connectivity index is 1.94. The van der Waals surface area contributed by atoms with Gasteiger partial charge >= 0.3 is 5.97 Å². The number of pyridine rings is 1.